The van der Waals surface area contributed by atoms with E-state index >= 15 is 0 Å². The van der Waals surface area contributed by atoms with E-state index in [1.165, 1.54) is 0 Å². The molecule has 0 saturated carbocycles. The van der Waals surface area contributed by atoms with Crippen LogP contribution in [0.3, 0.4) is 0 Å². The molecular weight excluding hydrogens is 220 g/mol. The highest BCUT2D eigenvalue weighted by Gasteiger charge is 2.41. The van der Waals surface area contributed by atoms with E-state index < -0.39 is 8.32 Å². The summed E-state index contributed by atoms with van der Waals surface area (Å²) in [4.78, 5) is 10.9. The number of aldehydes is 1. The quantitative estimate of drug-likeness (QED) is 0.551. The van der Waals surface area contributed by atoms with E-state index in [1.54, 1.807) is 0 Å². The highest BCUT2D eigenvalue weighted by atomic mass is 28.4. The monoisotopic (exact) mass is 244 g/mol. The average molecular weight is 244 g/mol. The standard InChI is InChI=1S/C12H24O3Si/c1-11(2,3)16(4,5)15-7-6-12(8-13)9-14-10-12/h8H,6-7,9-10H2,1-5H3. The fourth-order valence-corrected chi connectivity index (χ4v) is 2.41. The fraction of sp³-hybridized carbons (Fsp3) is 0.917. The number of rotatable bonds is 5. The van der Waals surface area contributed by atoms with Crippen molar-refractivity contribution >= 4 is 14.6 Å². The first-order chi connectivity index (χ1) is 7.22. The van der Waals surface area contributed by atoms with Gasteiger partial charge in [-0.05, 0) is 24.6 Å². The molecule has 16 heavy (non-hydrogen) atoms. The summed E-state index contributed by atoms with van der Waals surface area (Å²) in [5.74, 6) is 0. The zero-order valence-corrected chi connectivity index (χ0v) is 12.1. The van der Waals surface area contributed by atoms with Gasteiger partial charge in [0.2, 0.25) is 0 Å². The first-order valence-electron chi connectivity index (χ1n) is 5.91. The number of ether oxygens (including phenoxy) is 1. The maximum atomic E-state index is 10.9. The fourth-order valence-electron chi connectivity index (χ4n) is 1.36. The van der Waals surface area contributed by atoms with Crippen LogP contribution in [-0.4, -0.2) is 34.4 Å². The first kappa shape index (κ1) is 13.9. The van der Waals surface area contributed by atoms with Gasteiger partial charge in [0.1, 0.15) is 6.29 Å². The van der Waals surface area contributed by atoms with Crippen LogP contribution in [0.5, 0.6) is 0 Å². The molecule has 0 aliphatic carbocycles. The minimum Gasteiger partial charge on any atom is -0.417 e. The molecule has 1 saturated heterocycles. The van der Waals surface area contributed by atoms with Gasteiger partial charge in [-0.3, -0.25) is 0 Å². The number of carbonyl (C=O) groups is 1. The molecule has 1 heterocycles. The molecule has 0 amide bonds. The van der Waals surface area contributed by atoms with Crippen molar-refractivity contribution in [1.29, 1.82) is 0 Å². The minimum atomic E-state index is -1.66. The van der Waals surface area contributed by atoms with Gasteiger partial charge in [-0.1, -0.05) is 20.8 Å². The number of carbonyl (C=O) groups excluding carboxylic acids is 1. The Kier molecular flexibility index (Phi) is 3.98. The molecule has 1 aliphatic heterocycles. The van der Waals surface area contributed by atoms with Crippen molar-refractivity contribution in [1.82, 2.24) is 0 Å². The Morgan fingerprint density at radius 3 is 2.25 bits per heavy atom. The SMILES string of the molecule is CC(C)(C)[Si](C)(C)OCCC1(C=O)COC1. The van der Waals surface area contributed by atoms with Gasteiger partial charge in [-0.25, -0.2) is 0 Å². The van der Waals surface area contributed by atoms with Crippen molar-refractivity contribution in [3.05, 3.63) is 0 Å². The molecule has 0 aromatic rings. The van der Waals surface area contributed by atoms with Crippen LogP contribution >= 0.6 is 0 Å². The summed E-state index contributed by atoms with van der Waals surface area (Å²) in [7, 11) is -1.66. The first-order valence-corrected chi connectivity index (χ1v) is 8.81. The largest absolute Gasteiger partial charge is 0.417 e. The van der Waals surface area contributed by atoms with Crippen LogP contribution in [0.15, 0.2) is 0 Å². The third-order valence-corrected chi connectivity index (χ3v) is 8.44. The van der Waals surface area contributed by atoms with E-state index in [0.29, 0.717) is 19.8 Å². The van der Waals surface area contributed by atoms with Crippen molar-refractivity contribution in [2.75, 3.05) is 19.8 Å². The van der Waals surface area contributed by atoms with Crippen LogP contribution in [0.4, 0.5) is 0 Å². The summed E-state index contributed by atoms with van der Waals surface area (Å²) in [6, 6.07) is 0. The molecule has 0 aromatic carbocycles. The summed E-state index contributed by atoms with van der Waals surface area (Å²) in [6.45, 7) is 13.0. The topological polar surface area (TPSA) is 35.5 Å². The van der Waals surface area contributed by atoms with Crippen LogP contribution in [0.25, 0.3) is 0 Å². The second kappa shape index (κ2) is 4.59. The molecule has 0 aromatic heterocycles. The Hall–Kier alpha value is -0.193. The lowest BCUT2D eigenvalue weighted by Crippen LogP contribution is -2.47. The van der Waals surface area contributed by atoms with E-state index in [-0.39, 0.29) is 10.5 Å². The lowest BCUT2D eigenvalue weighted by molar-refractivity contribution is -0.149. The van der Waals surface area contributed by atoms with Gasteiger partial charge < -0.3 is 14.0 Å². The van der Waals surface area contributed by atoms with Gasteiger partial charge in [-0.2, -0.15) is 0 Å². The molecule has 0 atom stereocenters. The second-order valence-electron chi connectivity index (χ2n) is 6.33. The van der Waals surface area contributed by atoms with Crippen molar-refractivity contribution in [2.45, 2.75) is 45.3 Å². The maximum absolute atomic E-state index is 10.9. The van der Waals surface area contributed by atoms with Crippen molar-refractivity contribution in [3.63, 3.8) is 0 Å². The molecule has 1 rings (SSSR count). The summed E-state index contributed by atoms with van der Waals surface area (Å²) in [5.41, 5.74) is -0.248. The van der Waals surface area contributed by atoms with Crippen molar-refractivity contribution in [3.8, 4) is 0 Å². The smallest absolute Gasteiger partial charge is 0.191 e. The molecule has 0 N–H and O–H groups in total. The molecule has 1 aliphatic rings. The van der Waals surface area contributed by atoms with Gasteiger partial charge in [0.15, 0.2) is 8.32 Å². The van der Waals surface area contributed by atoms with Crippen molar-refractivity contribution < 1.29 is 14.0 Å². The van der Waals surface area contributed by atoms with Gasteiger partial charge in [0, 0.05) is 6.61 Å². The molecule has 1 fully saturated rings. The van der Waals surface area contributed by atoms with Crippen LogP contribution in [0.2, 0.25) is 18.1 Å². The van der Waals surface area contributed by atoms with E-state index in [0.717, 1.165) is 12.7 Å². The third kappa shape index (κ3) is 2.93. The molecular formula is C12H24O3Si. The Morgan fingerprint density at radius 1 is 1.38 bits per heavy atom. The summed E-state index contributed by atoms with van der Waals surface area (Å²) in [6.07, 6.45) is 1.83. The summed E-state index contributed by atoms with van der Waals surface area (Å²) >= 11 is 0. The zero-order valence-electron chi connectivity index (χ0n) is 11.1. The van der Waals surface area contributed by atoms with Gasteiger partial charge in [0.25, 0.3) is 0 Å². The van der Waals surface area contributed by atoms with Crippen molar-refractivity contribution in [2.24, 2.45) is 5.41 Å². The summed E-state index contributed by atoms with van der Waals surface area (Å²) in [5, 5.41) is 0.234. The highest BCUT2D eigenvalue weighted by molar-refractivity contribution is 6.74. The van der Waals surface area contributed by atoms with Crippen LogP contribution in [0.1, 0.15) is 27.2 Å². The third-order valence-electron chi connectivity index (χ3n) is 3.90. The zero-order chi connectivity index (χ0) is 12.4. The molecule has 3 nitrogen and oxygen atoms in total. The molecule has 0 spiro atoms. The average Bonchev–Trinajstić information content (AvgIpc) is 2.07. The predicted octanol–water partition coefficient (Wildman–Crippen LogP) is 2.61. The van der Waals surface area contributed by atoms with E-state index in [1.807, 2.05) is 0 Å². The van der Waals surface area contributed by atoms with E-state index in [9.17, 15) is 4.79 Å². The lowest BCUT2D eigenvalue weighted by Gasteiger charge is -2.40. The molecule has 0 radical (unpaired) electrons. The van der Waals surface area contributed by atoms with Crippen LogP contribution in [0, 0.1) is 5.41 Å². The van der Waals surface area contributed by atoms with E-state index in [2.05, 4.69) is 33.9 Å². The second-order valence-corrected chi connectivity index (χ2v) is 11.1. The minimum absolute atomic E-state index is 0.234. The number of hydrogen-bond acceptors (Lipinski definition) is 3. The lowest BCUT2D eigenvalue weighted by atomic mass is 9.85. The Morgan fingerprint density at radius 2 is 1.94 bits per heavy atom. The van der Waals surface area contributed by atoms with Gasteiger partial charge in [0.05, 0.1) is 18.6 Å². The number of hydrogen-bond donors (Lipinski definition) is 0. The molecule has 4 heteroatoms. The van der Waals surface area contributed by atoms with Crippen LogP contribution in [-0.2, 0) is 14.0 Å². The summed E-state index contributed by atoms with van der Waals surface area (Å²) < 4.78 is 11.2. The van der Waals surface area contributed by atoms with Gasteiger partial charge >= 0.3 is 0 Å². The molecule has 0 bridgehead atoms. The Bertz CT molecular complexity index is 251. The Balaban J connectivity index is 2.38. The van der Waals surface area contributed by atoms with Crippen LogP contribution < -0.4 is 0 Å². The van der Waals surface area contributed by atoms with E-state index in [4.69, 9.17) is 9.16 Å². The van der Waals surface area contributed by atoms with Gasteiger partial charge in [-0.15, -0.1) is 0 Å². The highest BCUT2D eigenvalue weighted by Crippen LogP contribution is 2.37. The molecule has 94 valence electrons. The predicted molar refractivity (Wildman–Crippen MR) is 67.1 cm³/mol. The maximum Gasteiger partial charge on any atom is 0.191 e. The molecule has 0 unspecified atom stereocenters. The Labute approximate surface area is 99.6 Å². The normalized spacial score (nSPS) is 20.3.